The minimum atomic E-state index is 0.149. The van der Waals surface area contributed by atoms with Crippen LogP contribution in [0.25, 0.3) is 0 Å². The number of likely N-dealkylation sites (tertiary alicyclic amines) is 1. The molecule has 21 heavy (non-hydrogen) atoms. The van der Waals surface area contributed by atoms with Crippen LogP contribution in [0.5, 0.6) is 0 Å². The predicted molar refractivity (Wildman–Crippen MR) is 85.8 cm³/mol. The van der Waals surface area contributed by atoms with Gasteiger partial charge in [-0.3, -0.25) is 4.79 Å². The van der Waals surface area contributed by atoms with E-state index < -0.39 is 0 Å². The van der Waals surface area contributed by atoms with E-state index in [0.717, 1.165) is 50.3 Å². The van der Waals surface area contributed by atoms with E-state index in [1.165, 1.54) is 12.0 Å². The number of amides is 1. The molecule has 0 aliphatic carbocycles. The van der Waals surface area contributed by atoms with E-state index in [0.29, 0.717) is 5.92 Å². The molecular formula is C17H25N3O. The first-order chi connectivity index (χ1) is 10.1. The number of rotatable bonds is 3. The molecule has 1 fully saturated rings. The fraction of sp³-hybridized carbons (Fsp3) is 0.588. The number of carbonyl (C=O) groups is 1. The van der Waals surface area contributed by atoms with Gasteiger partial charge >= 0.3 is 0 Å². The van der Waals surface area contributed by atoms with E-state index in [1.54, 1.807) is 0 Å². The maximum absolute atomic E-state index is 12.8. The van der Waals surface area contributed by atoms with Crippen LogP contribution >= 0.6 is 0 Å². The highest BCUT2D eigenvalue weighted by Gasteiger charge is 2.25. The number of anilines is 1. The fourth-order valence-electron chi connectivity index (χ4n) is 3.54. The summed E-state index contributed by atoms with van der Waals surface area (Å²) in [6.45, 7) is 4.07. The Balaban J connectivity index is 1.72. The molecule has 1 amide bonds. The maximum Gasteiger partial charge on any atom is 0.255 e. The first kappa shape index (κ1) is 14.4. The molecule has 2 heterocycles. The quantitative estimate of drug-likeness (QED) is 0.924. The average Bonchev–Trinajstić information content (AvgIpc) is 2.91. The summed E-state index contributed by atoms with van der Waals surface area (Å²) < 4.78 is 0. The molecule has 1 N–H and O–H groups in total. The Bertz CT molecular complexity index is 529. The van der Waals surface area contributed by atoms with Crippen LogP contribution in [-0.4, -0.2) is 56.0 Å². The number of fused-ring (bicyclic) bond motifs is 1. The molecule has 1 atom stereocenters. The van der Waals surface area contributed by atoms with E-state index in [9.17, 15) is 4.79 Å². The van der Waals surface area contributed by atoms with Crippen molar-refractivity contribution in [3.05, 3.63) is 29.3 Å². The van der Waals surface area contributed by atoms with Crippen molar-refractivity contribution >= 4 is 11.6 Å². The smallest absolute Gasteiger partial charge is 0.255 e. The van der Waals surface area contributed by atoms with Crippen molar-refractivity contribution in [2.24, 2.45) is 5.92 Å². The van der Waals surface area contributed by atoms with Crippen molar-refractivity contribution in [3.8, 4) is 0 Å². The lowest BCUT2D eigenvalue weighted by molar-refractivity contribution is 0.0775. The first-order valence-corrected chi connectivity index (χ1v) is 7.95. The Morgan fingerprint density at radius 2 is 2.33 bits per heavy atom. The summed E-state index contributed by atoms with van der Waals surface area (Å²) in [5.41, 5.74) is 3.17. The van der Waals surface area contributed by atoms with Crippen LogP contribution in [0.4, 0.5) is 5.69 Å². The summed E-state index contributed by atoms with van der Waals surface area (Å²) in [7, 11) is 4.09. The number of hydrogen-bond acceptors (Lipinski definition) is 3. The summed E-state index contributed by atoms with van der Waals surface area (Å²) in [6.07, 6.45) is 3.41. The number of hydrogen-bond donors (Lipinski definition) is 1. The molecular weight excluding hydrogens is 262 g/mol. The third-order valence-electron chi connectivity index (χ3n) is 4.67. The highest BCUT2D eigenvalue weighted by Crippen LogP contribution is 2.27. The van der Waals surface area contributed by atoms with Crippen molar-refractivity contribution in [2.45, 2.75) is 19.3 Å². The molecule has 4 heteroatoms. The molecule has 4 nitrogen and oxygen atoms in total. The van der Waals surface area contributed by atoms with Crippen LogP contribution in [0.3, 0.4) is 0 Å². The van der Waals surface area contributed by atoms with E-state index in [1.807, 2.05) is 24.1 Å². The van der Waals surface area contributed by atoms with Gasteiger partial charge in [0.15, 0.2) is 0 Å². The Morgan fingerprint density at radius 3 is 3.10 bits per heavy atom. The van der Waals surface area contributed by atoms with Crippen LogP contribution in [0.1, 0.15) is 28.8 Å². The molecule has 1 aromatic carbocycles. The van der Waals surface area contributed by atoms with Gasteiger partial charge in [0, 0.05) is 26.7 Å². The molecule has 114 valence electrons. The topological polar surface area (TPSA) is 35.6 Å². The van der Waals surface area contributed by atoms with Crippen molar-refractivity contribution in [2.75, 3.05) is 45.6 Å². The van der Waals surface area contributed by atoms with Gasteiger partial charge in [-0.2, -0.15) is 0 Å². The van der Waals surface area contributed by atoms with Crippen LogP contribution < -0.4 is 5.32 Å². The van der Waals surface area contributed by atoms with Crippen LogP contribution in [-0.2, 0) is 6.42 Å². The number of nitrogens with one attached hydrogen (secondary N) is 1. The Kier molecular flexibility index (Phi) is 4.15. The zero-order valence-electron chi connectivity index (χ0n) is 13.1. The molecule has 1 unspecified atom stereocenters. The summed E-state index contributed by atoms with van der Waals surface area (Å²) in [5, 5.41) is 3.41. The van der Waals surface area contributed by atoms with Gasteiger partial charge in [-0.25, -0.2) is 0 Å². The second-order valence-electron chi connectivity index (χ2n) is 6.47. The molecule has 0 spiro atoms. The number of nitrogens with zero attached hydrogens (tertiary/aromatic N) is 2. The second-order valence-corrected chi connectivity index (χ2v) is 6.47. The van der Waals surface area contributed by atoms with Crippen LogP contribution in [0.2, 0.25) is 0 Å². The summed E-state index contributed by atoms with van der Waals surface area (Å²) in [4.78, 5) is 17.0. The lowest BCUT2D eigenvalue weighted by atomic mass is 9.98. The van der Waals surface area contributed by atoms with Crippen molar-refractivity contribution in [1.29, 1.82) is 0 Å². The fourth-order valence-corrected chi connectivity index (χ4v) is 3.54. The SMILES string of the molecule is CN1CCC(CN(C)C(=O)c2cccc3c2NCCC3)C1. The van der Waals surface area contributed by atoms with E-state index in [2.05, 4.69) is 23.3 Å². The number of benzene rings is 1. The molecule has 0 aromatic heterocycles. The molecule has 0 saturated carbocycles. The van der Waals surface area contributed by atoms with E-state index >= 15 is 0 Å². The largest absolute Gasteiger partial charge is 0.384 e. The lowest BCUT2D eigenvalue weighted by Crippen LogP contribution is -2.33. The van der Waals surface area contributed by atoms with Gasteiger partial charge in [-0.15, -0.1) is 0 Å². The van der Waals surface area contributed by atoms with Crippen molar-refractivity contribution < 1.29 is 4.79 Å². The minimum absolute atomic E-state index is 0.149. The number of para-hydroxylation sites is 1. The summed E-state index contributed by atoms with van der Waals surface area (Å²) in [5.74, 6) is 0.757. The van der Waals surface area contributed by atoms with Gasteiger partial charge in [-0.1, -0.05) is 12.1 Å². The molecule has 2 aliphatic heterocycles. The van der Waals surface area contributed by atoms with Gasteiger partial charge in [-0.05, 0) is 50.4 Å². The highest BCUT2D eigenvalue weighted by molar-refractivity contribution is 6.00. The van der Waals surface area contributed by atoms with Gasteiger partial charge in [0.1, 0.15) is 0 Å². The normalized spacial score (nSPS) is 21.7. The summed E-state index contributed by atoms with van der Waals surface area (Å²) >= 11 is 0. The molecule has 0 bridgehead atoms. The Labute approximate surface area is 127 Å². The Morgan fingerprint density at radius 1 is 1.48 bits per heavy atom. The third kappa shape index (κ3) is 3.05. The summed E-state index contributed by atoms with van der Waals surface area (Å²) in [6, 6.07) is 6.09. The average molecular weight is 287 g/mol. The molecule has 1 aromatic rings. The standard InChI is InChI=1S/C17H25N3O/c1-19-10-8-13(11-19)12-20(2)17(21)15-7-3-5-14-6-4-9-18-16(14)15/h3,5,7,13,18H,4,6,8-12H2,1-2H3. The van der Waals surface area contributed by atoms with Crippen molar-refractivity contribution in [3.63, 3.8) is 0 Å². The maximum atomic E-state index is 12.8. The predicted octanol–water partition coefficient (Wildman–Crippen LogP) is 2.07. The van der Waals surface area contributed by atoms with Gasteiger partial charge < -0.3 is 15.1 Å². The van der Waals surface area contributed by atoms with E-state index in [-0.39, 0.29) is 5.91 Å². The second kappa shape index (κ2) is 6.06. The van der Waals surface area contributed by atoms with Crippen LogP contribution in [0, 0.1) is 5.92 Å². The van der Waals surface area contributed by atoms with Gasteiger partial charge in [0.25, 0.3) is 5.91 Å². The lowest BCUT2D eigenvalue weighted by Gasteiger charge is -2.25. The molecule has 3 rings (SSSR count). The van der Waals surface area contributed by atoms with Gasteiger partial charge in [0.2, 0.25) is 0 Å². The number of carbonyl (C=O) groups excluding carboxylic acids is 1. The van der Waals surface area contributed by atoms with E-state index in [4.69, 9.17) is 0 Å². The first-order valence-electron chi connectivity index (χ1n) is 7.95. The number of aryl methyl sites for hydroxylation is 1. The molecule has 1 saturated heterocycles. The third-order valence-corrected chi connectivity index (χ3v) is 4.67. The zero-order chi connectivity index (χ0) is 14.8. The zero-order valence-corrected chi connectivity index (χ0v) is 13.1. The Hall–Kier alpha value is -1.55. The van der Waals surface area contributed by atoms with Crippen LogP contribution in [0.15, 0.2) is 18.2 Å². The highest BCUT2D eigenvalue weighted by atomic mass is 16.2. The minimum Gasteiger partial charge on any atom is -0.384 e. The monoisotopic (exact) mass is 287 g/mol. The van der Waals surface area contributed by atoms with Gasteiger partial charge in [0.05, 0.1) is 11.3 Å². The van der Waals surface area contributed by atoms with Crippen molar-refractivity contribution in [1.82, 2.24) is 9.80 Å². The molecule has 0 radical (unpaired) electrons. The molecule has 2 aliphatic rings.